The molecule has 1 unspecified atom stereocenters. The Morgan fingerprint density at radius 2 is 2.35 bits per heavy atom. The van der Waals surface area contributed by atoms with E-state index in [0.717, 1.165) is 10.6 Å². The van der Waals surface area contributed by atoms with E-state index in [4.69, 9.17) is 0 Å². The summed E-state index contributed by atoms with van der Waals surface area (Å²) in [5.74, 6) is -0.266. The summed E-state index contributed by atoms with van der Waals surface area (Å²) in [5.41, 5.74) is 0.874. The number of thiazole rings is 1. The van der Waals surface area contributed by atoms with Crippen LogP contribution in [0.25, 0.3) is 10.6 Å². The molecule has 5 nitrogen and oxygen atoms in total. The van der Waals surface area contributed by atoms with Crippen LogP contribution in [0.15, 0.2) is 17.5 Å². The number of carbonyl (C=O) groups excluding carboxylic acids is 2. The van der Waals surface area contributed by atoms with E-state index in [1.807, 2.05) is 24.4 Å². The van der Waals surface area contributed by atoms with E-state index in [-0.39, 0.29) is 11.8 Å². The van der Waals surface area contributed by atoms with Crippen molar-refractivity contribution in [3.8, 4) is 10.6 Å². The first-order valence-electron chi connectivity index (χ1n) is 6.24. The molecule has 20 heavy (non-hydrogen) atoms. The summed E-state index contributed by atoms with van der Waals surface area (Å²) in [6, 6.07) is 3.64. The molecule has 104 valence electrons. The van der Waals surface area contributed by atoms with Crippen molar-refractivity contribution in [3.63, 3.8) is 0 Å². The number of carbonyl (C=O) groups is 2. The van der Waals surface area contributed by atoms with Crippen molar-refractivity contribution in [1.82, 2.24) is 10.3 Å². The quantitative estimate of drug-likeness (QED) is 0.914. The molecule has 3 heterocycles. The van der Waals surface area contributed by atoms with Gasteiger partial charge in [-0.15, -0.1) is 22.7 Å². The molecule has 2 aromatic heterocycles. The molecule has 1 atom stereocenters. The minimum atomic E-state index is -0.432. The van der Waals surface area contributed by atoms with Crippen molar-refractivity contribution in [2.75, 3.05) is 5.32 Å². The van der Waals surface area contributed by atoms with Crippen LogP contribution < -0.4 is 10.6 Å². The van der Waals surface area contributed by atoms with Crippen molar-refractivity contribution in [2.45, 2.75) is 25.8 Å². The predicted molar refractivity (Wildman–Crippen MR) is 80.0 cm³/mol. The van der Waals surface area contributed by atoms with Gasteiger partial charge in [0.25, 0.3) is 0 Å². The largest absolute Gasteiger partial charge is 0.344 e. The normalized spacial score (nSPS) is 18.1. The van der Waals surface area contributed by atoms with E-state index < -0.39 is 6.04 Å². The molecule has 0 aromatic carbocycles. The molecular formula is C13H13N3O2S2. The maximum Gasteiger partial charge on any atom is 0.248 e. The Morgan fingerprint density at radius 3 is 3.00 bits per heavy atom. The Hall–Kier alpha value is -1.73. The number of amides is 2. The van der Waals surface area contributed by atoms with Gasteiger partial charge in [-0.3, -0.25) is 9.59 Å². The van der Waals surface area contributed by atoms with E-state index in [9.17, 15) is 9.59 Å². The zero-order valence-corrected chi connectivity index (χ0v) is 12.4. The van der Waals surface area contributed by atoms with E-state index in [2.05, 4.69) is 15.6 Å². The number of hydrogen-bond acceptors (Lipinski definition) is 5. The van der Waals surface area contributed by atoms with Crippen molar-refractivity contribution < 1.29 is 9.59 Å². The van der Waals surface area contributed by atoms with Gasteiger partial charge in [0.1, 0.15) is 6.04 Å². The molecule has 0 bridgehead atoms. The van der Waals surface area contributed by atoms with Gasteiger partial charge < -0.3 is 10.6 Å². The van der Waals surface area contributed by atoms with Crippen LogP contribution in [0.5, 0.6) is 0 Å². The summed E-state index contributed by atoms with van der Waals surface area (Å²) in [6.45, 7) is 2.05. The lowest BCUT2D eigenvalue weighted by molar-refractivity contribution is -0.122. The number of anilines is 1. The zero-order chi connectivity index (χ0) is 14.1. The van der Waals surface area contributed by atoms with Gasteiger partial charge in [0, 0.05) is 16.7 Å². The van der Waals surface area contributed by atoms with Crippen LogP contribution in [0.3, 0.4) is 0 Å². The molecule has 0 spiro atoms. The Bertz CT molecular complexity index is 662. The number of nitrogens with zero attached hydrogens (tertiary/aromatic N) is 1. The fraction of sp³-hybridized carbons (Fsp3) is 0.308. The molecule has 2 N–H and O–H groups in total. The topological polar surface area (TPSA) is 71.1 Å². The number of hydrogen-bond donors (Lipinski definition) is 2. The number of thiophene rings is 1. The van der Waals surface area contributed by atoms with Gasteiger partial charge in [0.05, 0.1) is 10.6 Å². The van der Waals surface area contributed by atoms with Crippen molar-refractivity contribution >= 4 is 39.6 Å². The smallest absolute Gasteiger partial charge is 0.248 e. The molecule has 1 aliphatic heterocycles. The van der Waals surface area contributed by atoms with Gasteiger partial charge in [0.2, 0.25) is 11.8 Å². The zero-order valence-electron chi connectivity index (χ0n) is 10.8. The highest BCUT2D eigenvalue weighted by molar-refractivity contribution is 7.17. The molecule has 0 aliphatic carbocycles. The lowest BCUT2D eigenvalue weighted by atomic mass is 10.2. The number of nitrogens with one attached hydrogen (secondary N) is 2. The first kappa shape index (κ1) is 13.3. The highest BCUT2D eigenvalue weighted by atomic mass is 32.1. The second kappa shape index (κ2) is 5.34. The molecule has 2 amide bonds. The van der Waals surface area contributed by atoms with Crippen LogP contribution in [0, 0.1) is 6.92 Å². The molecule has 1 saturated heterocycles. The monoisotopic (exact) mass is 307 g/mol. The Kier molecular flexibility index (Phi) is 3.54. The third-order valence-electron chi connectivity index (χ3n) is 3.04. The summed E-state index contributed by atoms with van der Waals surface area (Å²) in [4.78, 5) is 29.8. The summed E-state index contributed by atoms with van der Waals surface area (Å²) < 4.78 is 0. The van der Waals surface area contributed by atoms with E-state index in [1.54, 1.807) is 11.3 Å². The Balaban J connectivity index is 1.68. The lowest BCUT2D eigenvalue weighted by Gasteiger charge is -2.08. The van der Waals surface area contributed by atoms with Gasteiger partial charge in [0.15, 0.2) is 5.13 Å². The fourth-order valence-electron chi connectivity index (χ4n) is 2.02. The van der Waals surface area contributed by atoms with Gasteiger partial charge in [-0.05, 0) is 25.5 Å². The third-order valence-corrected chi connectivity index (χ3v) is 4.82. The first-order valence-corrected chi connectivity index (χ1v) is 7.94. The van der Waals surface area contributed by atoms with Crippen LogP contribution in [-0.4, -0.2) is 22.8 Å². The Labute approximate surface area is 124 Å². The average Bonchev–Trinajstić information content (AvgIpc) is 3.10. The second-order valence-electron chi connectivity index (χ2n) is 4.60. The van der Waals surface area contributed by atoms with E-state index in [0.29, 0.717) is 18.0 Å². The van der Waals surface area contributed by atoms with Crippen LogP contribution >= 0.6 is 22.7 Å². The molecule has 1 aliphatic rings. The Morgan fingerprint density at radius 1 is 1.50 bits per heavy atom. The molecule has 7 heteroatoms. The molecule has 1 fully saturated rings. The number of aromatic nitrogens is 1. The van der Waals surface area contributed by atoms with E-state index in [1.165, 1.54) is 16.2 Å². The van der Waals surface area contributed by atoms with Crippen molar-refractivity contribution in [1.29, 1.82) is 0 Å². The van der Waals surface area contributed by atoms with Gasteiger partial charge >= 0.3 is 0 Å². The SMILES string of the molecule is Cc1ccc(-c2csc(NC(=O)C3CCC(=O)N3)n2)s1. The molecule has 0 saturated carbocycles. The summed E-state index contributed by atoms with van der Waals surface area (Å²) in [5, 5.41) is 7.89. The van der Waals surface area contributed by atoms with Crippen LogP contribution in [0.1, 0.15) is 17.7 Å². The minimum absolute atomic E-state index is 0.0703. The fourth-order valence-corrected chi connectivity index (χ4v) is 3.64. The maximum atomic E-state index is 12.0. The third kappa shape index (κ3) is 2.73. The molecular weight excluding hydrogens is 294 g/mol. The second-order valence-corrected chi connectivity index (χ2v) is 6.74. The number of aryl methyl sites for hydroxylation is 1. The van der Waals surface area contributed by atoms with Gasteiger partial charge in [-0.25, -0.2) is 4.98 Å². The molecule has 3 rings (SSSR count). The predicted octanol–water partition coefficient (Wildman–Crippen LogP) is 2.40. The standard InChI is InChI=1S/C13H13N3O2S2/c1-7-2-4-10(20-7)9-6-19-13(15-9)16-12(18)8-3-5-11(17)14-8/h2,4,6,8H,3,5H2,1H3,(H,14,17)(H,15,16,18). The first-order chi connectivity index (χ1) is 9.61. The summed E-state index contributed by atoms with van der Waals surface area (Å²) in [6.07, 6.45) is 0.961. The van der Waals surface area contributed by atoms with Crippen molar-refractivity contribution in [2.24, 2.45) is 0 Å². The molecule has 0 radical (unpaired) electrons. The highest BCUT2D eigenvalue weighted by Gasteiger charge is 2.27. The van der Waals surface area contributed by atoms with Gasteiger partial charge in [-0.1, -0.05) is 0 Å². The summed E-state index contributed by atoms with van der Waals surface area (Å²) >= 11 is 3.07. The molecule has 2 aromatic rings. The van der Waals surface area contributed by atoms with Crippen LogP contribution in [0.4, 0.5) is 5.13 Å². The highest BCUT2D eigenvalue weighted by Crippen LogP contribution is 2.30. The van der Waals surface area contributed by atoms with Crippen LogP contribution in [0.2, 0.25) is 0 Å². The average molecular weight is 307 g/mol. The lowest BCUT2D eigenvalue weighted by Crippen LogP contribution is -2.37. The summed E-state index contributed by atoms with van der Waals surface area (Å²) in [7, 11) is 0. The van der Waals surface area contributed by atoms with Crippen LogP contribution in [-0.2, 0) is 9.59 Å². The number of rotatable bonds is 3. The van der Waals surface area contributed by atoms with Gasteiger partial charge in [-0.2, -0.15) is 0 Å². The minimum Gasteiger partial charge on any atom is -0.344 e. The van der Waals surface area contributed by atoms with Crippen molar-refractivity contribution in [3.05, 3.63) is 22.4 Å². The maximum absolute atomic E-state index is 12.0. The van der Waals surface area contributed by atoms with E-state index >= 15 is 0 Å².